The molecule has 0 aliphatic carbocycles. The van der Waals surface area contributed by atoms with E-state index < -0.39 is 0 Å². The lowest BCUT2D eigenvalue weighted by atomic mass is 10.1. The predicted molar refractivity (Wildman–Crippen MR) is 65.5 cm³/mol. The highest BCUT2D eigenvalue weighted by atomic mass is 32.1. The van der Waals surface area contributed by atoms with Gasteiger partial charge in [-0.1, -0.05) is 0 Å². The van der Waals surface area contributed by atoms with Gasteiger partial charge in [0, 0.05) is 11.2 Å². The molecule has 82 valence electrons. The molecule has 2 N–H and O–H groups in total. The summed E-state index contributed by atoms with van der Waals surface area (Å²) >= 11 is 5.10. The van der Waals surface area contributed by atoms with E-state index in [9.17, 15) is 4.39 Å². The molecule has 0 heterocycles. The van der Waals surface area contributed by atoms with Crippen molar-refractivity contribution in [2.24, 2.45) is 0 Å². The van der Waals surface area contributed by atoms with Crippen LogP contribution >= 0.6 is 12.2 Å². The summed E-state index contributed by atoms with van der Waals surface area (Å²) in [6, 6.07) is 6.07. The quantitative estimate of drug-likeness (QED) is 0.720. The van der Waals surface area contributed by atoms with Gasteiger partial charge in [0.1, 0.15) is 5.82 Å². The monoisotopic (exact) mass is 226 g/mol. The van der Waals surface area contributed by atoms with Crippen LogP contribution in [0, 0.1) is 5.82 Å². The number of hydrogen-bond donors (Lipinski definition) is 2. The Morgan fingerprint density at radius 3 is 2.20 bits per heavy atom. The summed E-state index contributed by atoms with van der Waals surface area (Å²) in [5.74, 6) is -0.254. The van der Waals surface area contributed by atoms with Crippen LogP contribution in [0.2, 0.25) is 0 Å². The largest absolute Gasteiger partial charge is 0.358 e. The second kappa shape index (κ2) is 4.57. The number of rotatable bonds is 1. The van der Waals surface area contributed by atoms with Gasteiger partial charge >= 0.3 is 0 Å². The summed E-state index contributed by atoms with van der Waals surface area (Å²) in [7, 11) is 0. The molecule has 15 heavy (non-hydrogen) atoms. The van der Waals surface area contributed by atoms with Crippen LogP contribution in [-0.2, 0) is 0 Å². The first-order valence-electron chi connectivity index (χ1n) is 4.71. The maximum absolute atomic E-state index is 12.6. The first kappa shape index (κ1) is 11.9. The van der Waals surface area contributed by atoms with Gasteiger partial charge in [0.2, 0.25) is 0 Å². The van der Waals surface area contributed by atoms with Crippen molar-refractivity contribution in [2.45, 2.75) is 26.3 Å². The minimum Gasteiger partial charge on any atom is -0.358 e. The lowest BCUT2D eigenvalue weighted by Crippen LogP contribution is -2.42. The molecule has 2 nitrogen and oxygen atoms in total. The third kappa shape index (κ3) is 4.74. The number of benzene rings is 1. The fourth-order valence-electron chi connectivity index (χ4n) is 1.04. The molecule has 0 aliphatic rings. The molecule has 0 aliphatic heterocycles. The van der Waals surface area contributed by atoms with Crippen LogP contribution in [0.15, 0.2) is 24.3 Å². The van der Waals surface area contributed by atoms with Crippen molar-refractivity contribution in [1.82, 2.24) is 5.32 Å². The first-order chi connectivity index (χ1) is 6.87. The smallest absolute Gasteiger partial charge is 0.171 e. The zero-order valence-electron chi connectivity index (χ0n) is 9.10. The lowest BCUT2D eigenvalue weighted by molar-refractivity contribution is 0.515. The molecule has 1 rings (SSSR count). The summed E-state index contributed by atoms with van der Waals surface area (Å²) in [6.45, 7) is 6.06. The van der Waals surface area contributed by atoms with Gasteiger partial charge in [-0.3, -0.25) is 0 Å². The Kier molecular flexibility index (Phi) is 3.63. The van der Waals surface area contributed by atoms with Gasteiger partial charge in [-0.15, -0.1) is 0 Å². The van der Waals surface area contributed by atoms with Crippen LogP contribution in [0.1, 0.15) is 20.8 Å². The third-order valence-corrected chi connectivity index (χ3v) is 1.79. The molecule has 0 atom stereocenters. The van der Waals surface area contributed by atoms with E-state index in [-0.39, 0.29) is 11.4 Å². The molecule has 0 saturated carbocycles. The van der Waals surface area contributed by atoms with Crippen molar-refractivity contribution in [2.75, 3.05) is 5.32 Å². The lowest BCUT2D eigenvalue weighted by Gasteiger charge is -2.23. The maximum Gasteiger partial charge on any atom is 0.171 e. The van der Waals surface area contributed by atoms with Crippen molar-refractivity contribution in [1.29, 1.82) is 0 Å². The van der Waals surface area contributed by atoms with E-state index in [2.05, 4.69) is 10.6 Å². The fourth-order valence-corrected chi connectivity index (χ4v) is 1.46. The van der Waals surface area contributed by atoms with Crippen molar-refractivity contribution in [3.05, 3.63) is 30.1 Å². The van der Waals surface area contributed by atoms with Crippen molar-refractivity contribution in [3.8, 4) is 0 Å². The Morgan fingerprint density at radius 2 is 1.73 bits per heavy atom. The van der Waals surface area contributed by atoms with Crippen LogP contribution < -0.4 is 10.6 Å². The van der Waals surface area contributed by atoms with E-state index >= 15 is 0 Å². The molecule has 0 saturated heterocycles. The van der Waals surface area contributed by atoms with E-state index in [1.54, 1.807) is 12.1 Å². The van der Waals surface area contributed by atoms with Gasteiger partial charge in [0.05, 0.1) is 0 Å². The number of halogens is 1. The molecule has 0 amide bonds. The molecule has 0 unspecified atom stereocenters. The molecule has 0 fully saturated rings. The molecule has 0 spiro atoms. The van der Waals surface area contributed by atoms with Crippen LogP contribution in [0.3, 0.4) is 0 Å². The first-order valence-corrected chi connectivity index (χ1v) is 5.12. The second-order valence-corrected chi connectivity index (χ2v) is 4.74. The maximum atomic E-state index is 12.6. The van der Waals surface area contributed by atoms with E-state index in [4.69, 9.17) is 12.2 Å². The molecule has 1 aromatic rings. The Labute approximate surface area is 94.9 Å². The average Bonchev–Trinajstić information content (AvgIpc) is 2.05. The molecule has 0 bridgehead atoms. The Morgan fingerprint density at radius 1 is 1.20 bits per heavy atom. The predicted octanol–water partition coefficient (Wildman–Crippen LogP) is 2.91. The summed E-state index contributed by atoms with van der Waals surface area (Å²) in [5, 5.41) is 6.62. The third-order valence-electron chi connectivity index (χ3n) is 1.59. The van der Waals surface area contributed by atoms with E-state index in [0.717, 1.165) is 5.69 Å². The molecule has 0 radical (unpaired) electrons. The van der Waals surface area contributed by atoms with Crippen LogP contribution in [0.4, 0.5) is 10.1 Å². The van der Waals surface area contributed by atoms with Gasteiger partial charge in [0.25, 0.3) is 0 Å². The van der Waals surface area contributed by atoms with E-state index in [1.807, 2.05) is 20.8 Å². The SMILES string of the molecule is CC(C)(C)NC(=S)Nc1ccc(F)cc1. The minimum atomic E-state index is -0.254. The summed E-state index contributed by atoms with van der Waals surface area (Å²) in [6.07, 6.45) is 0. The van der Waals surface area contributed by atoms with E-state index in [0.29, 0.717) is 5.11 Å². The number of hydrogen-bond acceptors (Lipinski definition) is 1. The van der Waals surface area contributed by atoms with Crippen molar-refractivity contribution >= 4 is 23.0 Å². The average molecular weight is 226 g/mol. The van der Waals surface area contributed by atoms with Gasteiger partial charge in [-0.2, -0.15) is 0 Å². The summed E-state index contributed by atoms with van der Waals surface area (Å²) in [5.41, 5.74) is 0.697. The number of thiocarbonyl (C=S) groups is 1. The molecule has 4 heteroatoms. The van der Waals surface area contributed by atoms with Crippen molar-refractivity contribution < 1.29 is 4.39 Å². The Bertz CT molecular complexity index is 341. The standard InChI is InChI=1S/C11H15FN2S/c1-11(2,3)14-10(15)13-9-6-4-8(12)5-7-9/h4-7H,1-3H3,(H2,13,14,15). The van der Waals surface area contributed by atoms with Crippen molar-refractivity contribution in [3.63, 3.8) is 0 Å². The van der Waals surface area contributed by atoms with Gasteiger partial charge < -0.3 is 10.6 Å². The van der Waals surface area contributed by atoms with Crippen LogP contribution in [0.5, 0.6) is 0 Å². The highest BCUT2D eigenvalue weighted by molar-refractivity contribution is 7.80. The molecule has 0 aromatic heterocycles. The normalized spacial score (nSPS) is 10.9. The summed E-state index contributed by atoms with van der Waals surface area (Å²) in [4.78, 5) is 0. The van der Waals surface area contributed by atoms with Crippen LogP contribution in [0.25, 0.3) is 0 Å². The van der Waals surface area contributed by atoms with Gasteiger partial charge in [0.15, 0.2) is 5.11 Å². The zero-order chi connectivity index (χ0) is 11.5. The zero-order valence-corrected chi connectivity index (χ0v) is 9.91. The molecular weight excluding hydrogens is 211 g/mol. The Balaban J connectivity index is 2.55. The van der Waals surface area contributed by atoms with Gasteiger partial charge in [-0.25, -0.2) is 4.39 Å². The number of nitrogens with one attached hydrogen (secondary N) is 2. The highest BCUT2D eigenvalue weighted by Gasteiger charge is 2.10. The Hall–Kier alpha value is -1.16. The second-order valence-electron chi connectivity index (χ2n) is 4.34. The van der Waals surface area contributed by atoms with E-state index in [1.165, 1.54) is 12.1 Å². The molecular formula is C11H15FN2S. The highest BCUT2D eigenvalue weighted by Crippen LogP contribution is 2.08. The topological polar surface area (TPSA) is 24.1 Å². The fraction of sp³-hybridized carbons (Fsp3) is 0.364. The van der Waals surface area contributed by atoms with Gasteiger partial charge in [-0.05, 0) is 57.3 Å². The van der Waals surface area contributed by atoms with Crippen LogP contribution in [-0.4, -0.2) is 10.7 Å². The minimum absolute atomic E-state index is 0.0793. The summed E-state index contributed by atoms with van der Waals surface area (Å²) < 4.78 is 12.6. The number of anilines is 1. The molecule has 1 aromatic carbocycles.